The van der Waals surface area contributed by atoms with Crippen LogP contribution in [0.5, 0.6) is 5.75 Å². The van der Waals surface area contributed by atoms with Gasteiger partial charge in [0.1, 0.15) is 5.75 Å². The van der Waals surface area contributed by atoms with Crippen LogP contribution in [0.2, 0.25) is 0 Å². The Balaban J connectivity index is 1.22. The molecule has 164 valence electrons. The third-order valence-electron chi connectivity index (χ3n) is 6.21. The molecular formula is C25H31N3O3. The van der Waals surface area contributed by atoms with Crippen molar-refractivity contribution >= 4 is 17.5 Å². The molecule has 2 aromatic carbocycles. The van der Waals surface area contributed by atoms with Crippen molar-refractivity contribution in [3.05, 3.63) is 60.2 Å². The van der Waals surface area contributed by atoms with E-state index in [-0.39, 0.29) is 24.5 Å². The SMILES string of the molecule is C[C@H]1CN(CCCN2C(=O)COc3ccccc32)CC[C@@H]1NC(=O)Cc1ccccc1. The molecule has 0 aliphatic carbocycles. The van der Waals surface area contributed by atoms with E-state index in [0.29, 0.717) is 18.9 Å². The molecule has 0 radical (unpaired) electrons. The standard InChI is InChI=1S/C25H31N3O3/c1-19-17-27(15-12-21(19)26-24(29)16-20-8-3-2-4-9-20)13-7-14-28-22-10-5-6-11-23(22)31-18-25(28)30/h2-6,8-11,19,21H,7,12-18H2,1H3,(H,26,29)/t19-,21-/m0/s1. The molecule has 2 atom stereocenters. The van der Waals surface area contributed by atoms with Crippen molar-refractivity contribution in [3.63, 3.8) is 0 Å². The smallest absolute Gasteiger partial charge is 0.265 e. The van der Waals surface area contributed by atoms with Gasteiger partial charge in [-0.2, -0.15) is 0 Å². The fraction of sp³-hybridized carbons (Fsp3) is 0.440. The summed E-state index contributed by atoms with van der Waals surface area (Å²) in [6.45, 7) is 5.89. The summed E-state index contributed by atoms with van der Waals surface area (Å²) in [5.41, 5.74) is 1.91. The number of nitrogens with zero attached hydrogens (tertiary/aromatic N) is 2. The molecule has 2 heterocycles. The van der Waals surface area contributed by atoms with Crippen molar-refractivity contribution in [1.29, 1.82) is 0 Å². The quantitative estimate of drug-likeness (QED) is 0.747. The second kappa shape index (κ2) is 9.96. The molecule has 1 saturated heterocycles. The summed E-state index contributed by atoms with van der Waals surface area (Å²) in [6.07, 6.45) is 2.31. The number of likely N-dealkylation sites (tertiary alicyclic amines) is 1. The van der Waals surface area contributed by atoms with Gasteiger partial charge in [0.25, 0.3) is 5.91 Å². The monoisotopic (exact) mass is 421 g/mol. The molecule has 0 saturated carbocycles. The van der Waals surface area contributed by atoms with Gasteiger partial charge in [-0.3, -0.25) is 9.59 Å². The molecule has 2 amide bonds. The second-order valence-electron chi connectivity index (χ2n) is 8.56. The number of carbonyl (C=O) groups is 2. The van der Waals surface area contributed by atoms with Gasteiger partial charge < -0.3 is 19.9 Å². The van der Waals surface area contributed by atoms with Crippen molar-refractivity contribution in [2.75, 3.05) is 37.7 Å². The predicted octanol–water partition coefficient (Wildman–Crippen LogP) is 2.87. The molecule has 2 aliphatic heterocycles. The van der Waals surface area contributed by atoms with Gasteiger partial charge in [-0.05, 0) is 43.0 Å². The third kappa shape index (κ3) is 5.44. The first-order chi connectivity index (χ1) is 15.1. The zero-order chi connectivity index (χ0) is 21.6. The summed E-state index contributed by atoms with van der Waals surface area (Å²) in [7, 11) is 0. The molecule has 1 N–H and O–H groups in total. The summed E-state index contributed by atoms with van der Waals surface area (Å²) in [5, 5.41) is 3.23. The molecule has 2 aliphatic rings. The number of hydrogen-bond donors (Lipinski definition) is 1. The minimum Gasteiger partial charge on any atom is -0.482 e. The Bertz CT molecular complexity index is 902. The summed E-state index contributed by atoms with van der Waals surface area (Å²) >= 11 is 0. The Kier molecular flexibility index (Phi) is 6.87. The fourth-order valence-corrected chi connectivity index (χ4v) is 4.54. The average molecular weight is 422 g/mol. The number of benzene rings is 2. The highest BCUT2D eigenvalue weighted by molar-refractivity contribution is 5.97. The van der Waals surface area contributed by atoms with E-state index >= 15 is 0 Å². The van der Waals surface area contributed by atoms with E-state index in [4.69, 9.17) is 4.74 Å². The molecule has 2 aromatic rings. The van der Waals surface area contributed by atoms with E-state index in [0.717, 1.165) is 49.5 Å². The highest BCUT2D eigenvalue weighted by Gasteiger charge is 2.28. The van der Waals surface area contributed by atoms with E-state index in [1.165, 1.54) is 0 Å². The number of fused-ring (bicyclic) bond motifs is 1. The number of rotatable bonds is 7. The second-order valence-corrected chi connectivity index (χ2v) is 8.56. The van der Waals surface area contributed by atoms with Crippen LogP contribution < -0.4 is 15.0 Å². The molecule has 1 fully saturated rings. The fourth-order valence-electron chi connectivity index (χ4n) is 4.54. The average Bonchev–Trinajstić information content (AvgIpc) is 2.78. The number of nitrogens with one attached hydrogen (secondary N) is 1. The lowest BCUT2D eigenvalue weighted by molar-refractivity contribution is -0.122. The number of ether oxygens (including phenoxy) is 1. The summed E-state index contributed by atoms with van der Waals surface area (Å²) < 4.78 is 5.52. The van der Waals surface area contributed by atoms with Gasteiger partial charge in [-0.1, -0.05) is 49.4 Å². The van der Waals surface area contributed by atoms with Crippen LogP contribution in [0.4, 0.5) is 5.69 Å². The lowest BCUT2D eigenvalue weighted by atomic mass is 9.93. The van der Waals surface area contributed by atoms with E-state index in [1.807, 2.05) is 59.5 Å². The van der Waals surface area contributed by atoms with Crippen LogP contribution in [-0.2, 0) is 16.0 Å². The zero-order valence-corrected chi connectivity index (χ0v) is 18.1. The Morgan fingerprint density at radius 3 is 2.68 bits per heavy atom. The van der Waals surface area contributed by atoms with Crippen LogP contribution in [0.1, 0.15) is 25.3 Å². The van der Waals surface area contributed by atoms with Crippen molar-refractivity contribution in [1.82, 2.24) is 10.2 Å². The van der Waals surface area contributed by atoms with Crippen LogP contribution in [0.15, 0.2) is 54.6 Å². The van der Waals surface area contributed by atoms with E-state index in [9.17, 15) is 9.59 Å². The first-order valence-corrected chi connectivity index (χ1v) is 11.2. The lowest BCUT2D eigenvalue weighted by Gasteiger charge is -2.38. The topological polar surface area (TPSA) is 61.9 Å². The molecule has 0 spiro atoms. The molecule has 6 nitrogen and oxygen atoms in total. The first kappa shape index (κ1) is 21.4. The Labute approximate surface area is 184 Å². The van der Waals surface area contributed by atoms with Crippen LogP contribution in [0, 0.1) is 5.92 Å². The molecule has 0 aromatic heterocycles. The maximum atomic E-state index is 12.4. The highest BCUT2D eigenvalue weighted by Crippen LogP contribution is 2.31. The molecule has 0 unspecified atom stereocenters. The largest absolute Gasteiger partial charge is 0.482 e. The van der Waals surface area contributed by atoms with Crippen LogP contribution in [-0.4, -0.2) is 55.5 Å². The number of para-hydroxylation sites is 2. The van der Waals surface area contributed by atoms with E-state index < -0.39 is 0 Å². The summed E-state index contributed by atoms with van der Waals surface area (Å²) in [6, 6.07) is 17.8. The molecule has 4 rings (SSSR count). The lowest BCUT2D eigenvalue weighted by Crippen LogP contribution is -2.50. The summed E-state index contributed by atoms with van der Waals surface area (Å²) in [4.78, 5) is 29.0. The Morgan fingerprint density at radius 2 is 1.87 bits per heavy atom. The predicted molar refractivity (Wildman–Crippen MR) is 121 cm³/mol. The maximum Gasteiger partial charge on any atom is 0.265 e. The van der Waals surface area contributed by atoms with Crippen molar-refractivity contribution in [2.45, 2.75) is 32.2 Å². The molecule has 6 heteroatoms. The molecule has 0 bridgehead atoms. The normalized spacial score (nSPS) is 21.3. The number of anilines is 1. The minimum absolute atomic E-state index is 0.0203. The zero-order valence-electron chi connectivity index (χ0n) is 18.1. The number of amides is 2. The Hall–Kier alpha value is -2.86. The summed E-state index contributed by atoms with van der Waals surface area (Å²) in [5.74, 6) is 1.30. The van der Waals surface area contributed by atoms with Crippen molar-refractivity contribution in [2.24, 2.45) is 5.92 Å². The van der Waals surface area contributed by atoms with Crippen LogP contribution in [0.25, 0.3) is 0 Å². The van der Waals surface area contributed by atoms with Crippen LogP contribution >= 0.6 is 0 Å². The highest BCUT2D eigenvalue weighted by atomic mass is 16.5. The number of carbonyl (C=O) groups excluding carboxylic acids is 2. The third-order valence-corrected chi connectivity index (χ3v) is 6.21. The van der Waals surface area contributed by atoms with Crippen molar-refractivity contribution < 1.29 is 14.3 Å². The van der Waals surface area contributed by atoms with Gasteiger partial charge in [0.05, 0.1) is 12.1 Å². The van der Waals surface area contributed by atoms with Crippen molar-refractivity contribution in [3.8, 4) is 5.75 Å². The van der Waals surface area contributed by atoms with Gasteiger partial charge in [-0.15, -0.1) is 0 Å². The van der Waals surface area contributed by atoms with Gasteiger partial charge in [0, 0.05) is 25.7 Å². The first-order valence-electron chi connectivity index (χ1n) is 11.2. The van der Waals surface area contributed by atoms with Gasteiger partial charge in [-0.25, -0.2) is 0 Å². The van der Waals surface area contributed by atoms with E-state index in [1.54, 1.807) is 0 Å². The Morgan fingerprint density at radius 1 is 1.10 bits per heavy atom. The molecular weight excluding hydrogens is 390 g/mol. The molecule has 31 heavy (non-hydrogen) atoms. The number of piperidine rings is 1. The number of hydrogen-bond acceptors (Lipinski definition) is 4. The minimum atomic E-state index is 0.0203. The van der Waals surface area contributed by atoms with E-state index in [2.05, 4.69) is 17.1 Å². The van der Waals surface area contributed by atoms with Gasteiger partial charge >= 0.3 is 0 Å². The van der Waals surface area contributed by atoms with Gasteiger partial charge in [0.2, 0.25) is 5.91 Å². The van der Waals surface area contributed by atoms with Gasteiger partial charge in [0.15, 0.2) is 6.61 Å². The van der Waals surface area contributed by atoms with Crippen LogP contribution in [0.3, 0.4) is 0 Å². The maximum absolute atomic E-state index is 12.4.